The van der Waals surface area contributed by atoms with Crippen LogP contribution in [0.5, 0.6) is 0 Å². The van der Waals surface area contributed by atoms with Crippen molar-refractivity contribution in [3.05, 3.63) is 46.5 Å². The monoisotopic (exact) mass is 337 g/mol. The number of nitrogens with one attached hydrogen (secondary N) is 1. The molecule has 2 aromatic rings. The Morgan fingerprint density at radius 1 is 1.30 bits per heavy atom. The number of halogens is 1. The van der Waals surface area contributed by atoms with E-state index in [2.05, 4.69) is 50.5 Å². The van der Waals surface area contributed by atoms with Gasteiger partial charge in [0.15, 0.2) is 0 Å². The molecule has 1 aromatic heterocycles. The third-order valence-electron chi connectivity index (χ3n) is 3.19. The standard InChI is InChI=1S/C14H20BrN5/c1-2-7-20-14(17-10-18-20)9-13(19-16)8-11-3-5-12(15)6-4-11/h3-6,10,13,19H,2,7-9,16H2,1H3. The third kappa shape index (κ3) is 4.13. The highest BCUT2D eigenvalue weighted by Crippen LogP contribution is 2.13. The molecular formula is C14H20BrN5. The van der Waals surface area contributed by atoms with Crippen LogP contribution < -0.4 is 11.3 Å². The van der Waals surface area contributed by atoms with Crippen molar-refractivity contribution in [3.8, 4) is 0 Å². The number of aromatic nitrogens is 3. The van der Waals surface area contributed by atoms with Crippen molar-refractivity contribution in [2.45, 2.75) is 38.8 Å². The van der Waals surface area contributed by atoms with Gasteiger partial charge < -0.3 is 0 Å². The second kappa shape index (κ2) is 7.52. The van der Waals surface area contributed by atoms with Gasteiger partial charge >= 0.3 is 0 Å². The fourth-order valence-electron chi connectivity index (χ4n) is 2.16. The minimum Gasteiger partial charge on any atom is -0.271 e. The van der Waals surface area contributed by atoms with Crippen LogP contribution in [0.2, 0.25) is 0 Å². The van der Waals surface area contributed by atoms with Crippen LogP contribution in [0.1, 0.15) is 24.7 Å². The first-order valence-electron chi connectivity index (χ1n) is 6.80. The van der Waals surface area contributed by atoms with Crippen molar-refractivity contribution >= 4 is 15.9 Å². The van der Waals surface area contributed by atoms with Gasteiger partial charge in [0.1, 0.15) is 12.2 Å². The maximum Gasteiger partial charge on any atom is 0.138 e. The highest BCUT2D eigenvalue weighted by Gasteiger charge is 2.13. The number of aryl methyl sites for hydroxylation is 1. The summed E-state index contributed by atoms with van der Waals surface area (Å²) >= 11 is 3.44. The van der Waals surface area contributed by atoms with Gasteiger partial charge in [-0.1, -0.05) is 35.0 Å². The Hall–Kier alpha value is -1.24. The molecule has 0 saturated carbocycles. The van der Waals surface area contributed by atoms with Crippen molar-refractivity contribution in [2.75, 3.05) is 0 Å². The molecule has 0 saturated heterocycles. The predicted molar refractivity (Wildman–Crippen MR) is 83.0 cm³/mol. The van der Waals surface area contributed by atoms with Gasteiger partial charge in [-0.3, -0.25) is 16.0 Å². The third-order valence-corrected chi connectivity index (χ3v) is 3.72. The first-order chi connectivity index (χ1) is 9.72. The summed E-state index contributed by atoms with van der Waals surface area (Å²) in [6, 6.07) is 8.44. The van der Waals surface area contributed by atoms with Crippen LogP contribution in [0.3, 0.4) is 0 Å². The Balaban J connectivity index is 2.01. The van der Waals surface area contributed by atoms with E-state index in [-0.39, 0.29) is 6.04 Å². The number of rotatable bonds is 7. The molecule has 0 fully saturated rings. The van der Waals surface area contributed by atoms with E-state index in [4.69, 9.17) is 5.84 Å². The van der Waals surface area contributed by atoms with E-state index in [0.29, 0.717) is 0 Å². The van der Waals surface area contributed by atoms with Gasteiger partial charge in [0.2, 0.25) is 0 Å². The second-order valence-electron chi connectivity index (χ2n) is 4.80. The molecule has 5 nitrogen and oxygen atoms in total. The SMILES string of the molecule is CCCn1ncnc1CC(Cc1ccc(Br)cc1)NN. The molecule has 20 heavy (non-hydrogen) atoms. The molecular weight excluding hydrogens is 318 g/mol. The minimum absolute atomic E-state index is 0.149. The summed E-state index contributed by atoms with van der Waals surface area (Å²) in [5.41, 5.74) is 4.13. The van der Waals surface area contributed by atoms with Gasteiger partial charge in [0.05, 0.1) is 0 Å². The van der Waals surface area contributed by atoms with Crippen LogP contribution in [-0.4, -0.2) is 20.8 Å². The van der Waals surface area contributed by atoms with Crippen LogP contribution in [0.25, 0.3) is 0 Å². The average molecular weight is 338 g/mol. The van der Waals surface area contributed by atoms with E-state index in [1.54, 1.807) is 6.33 Å². The molecule has 1 aromatic carbocycles. The summed E-state index contributed by atoms with van der Waals surface area (Å²) in [7, 11) is 0. The number of hydrogen-bond donors (Lipinski definition) is 2. The van der Waals surface area contributed by atoms with Crippen LogP contribution >= 0.6 is 15.9 Å². The molecule has 3 N–H and O–H groups in total. The maximum absolute atomic E-state index is 5.67. The molecule has 0 amide bonds. The molecule has 0 aliphatic carbocycles. The van der Waals surface area contributed by atoms with Crippen LogP contribution in [-0.2, 0) is 19.4 Å². The average Bonchev–Trinajstić information content (AvgIpc) is 2.88. The lowest BCUT2D eigenvalue weighted by atomic mass is 10.0. The first kappa shape index (κ1) is 15.2. The zero-order valence-corrected chi connectivity index (χ0v) is 13.2. The fourth-order valence-corrected chi connectivity index (χ4v) is 2.42. The van der Waals surface area contributed by atoms with Crippen molar-refractivity contribution in [1.82, 2.24) is 20.2 Å². The van der Waals surface area contributed by atoms with Crippen LogP contribution in [0.15, 0.2) is 35.1 Å². The summed E-state index contributed by atoms with van der Waals surface area (Å²) in [6.07, 6.45) is 4.29. The topological polar surface area (TPSA) is 68.8 Å². The molecule has 0 spiro atoms. The molecule has 1 atom stereocenters. The molecule has 1 unspecified atom stereocenters. The Kier molecular flexibility index (Phi) is 5.70. The lowest BCUT2D eigenvalue weighted by Crippen LogP contribution is -2.39. The van der Waals surface area contributed by atoms with E-state index in [9.17, 15) is 0 Å². The fraction of sp³-hybridized carbons (Fsp3) is 0.429. The first-order valence-corrected chi connectivity index (χ1v) is 7.59. The van der Waals surface area contributed by atoms with E-state index in [0.717, 1.165) is 36.1 Å². The maximum atomic E-state index is 5.67. The molecule has 0 aliphatic rings. The second-order valence-corrected chi connectivity index (χ2v) is 5.71. The number of nitrogens with two attached hydrogens (primary N) is 1. The van der Waals surface area contributed by atoms with Gasteiger partial charge in [-0.05, 0) is 30.5 Å². The van der Waals surface area contributed by atoms with Gasteiger partial charge in [-0.15, -0.1) is 0 Å². The molecule has 0 radical (unpaired) electrons. The largest absolute Gasteiger partial charge is 0.271 e. The Morgan fingerprint density at radius 2 is 2.05 bits per heavy atom. The van der Waals surface area contributed by atoms with Gasteiger partial charge in [-0.2, -0.15) is 5.10 Å². The van der Waals surface area contributed by atoms with Crippen molar-refractivity contribution in [3.63, 3.8) is 0 Å². The Labute approximate surface area is 127 Å². The van der Waals surface area contributed by atoms with Crippen molar-refractivity contribution in [1.29, 1.82) is 0 Å². The zero-order valence-electron chi connectivity index (χ0n) is 11.6. The van der Waals surface area contributed by atoms with Gasteiger partial charge in [0.25, 0.3) is 0 Å². The number of hydrogen-bond acceptors (Lipinski definition) is 4. The highest BCUT2D eigenvalue weighted by atomic mass is 79.9. The number of hydrazine groups is 1. The van der Waals surface area contributed by atoms with Crippen LogP contribution in [0.4, 0.5) is 0 Å². The lowest BCUT2D eigenvalue weighted by Gasteiger charge is -2.16. The van der Waals surface area contributed by atoms with E-state index in [1.807, 2.05) is 16.8 Å². The highest BCUT2D eigenvalue weighted by molar-refractivity contribution is 9.10. The molecule has 0 aliphatic heterocycles. The van der Waals surface area contributed by atoms with E-state index >= 15 is 0 Å². The van der Waals surface area contributed by atoms with E-state index < -0.39 is 0 Å². The predicted octanol–water partition coefficient (Wildman–Crippen LogP) is 2.07. The summed E-state index contributed by atoms with van der Waals surface area (Å²) < 4.78 is 3.03. The van der Waals surface area contributed by atoms with Crippen LogP contribution in [0, 0.1) is 0 Å². The number of nitrogens with zero attached hydrogens (tertiary/aromatic N) is 3. The summed E-state index contributed by atoms with van der Waals surface area (Å²) in [5, 5.41) is 4.24. The molecule has 0 bridgehead atoms. The van der Waals surface area contributed by atoms with Gasteiger partial charge in [0, 0.05) is 23.5 Å². The normalized spacial score (nSPS) is 12.6. The molecule has 6 heteroatoms. The Morgan fingerprint density at radius 3 is 2.70 bits per heavy atom. The Bertz CT molecular complexity index is 523. The quantitative estimate of drug-likeness (QED) is 0.599. The van der Waals surface area contributed by atoms with E-state index in [1.165, 1.54) is 5.56 Å². The van der Waals surface area contributed by atoms with Gasteiger partial charge in [-0.25, -0.2) is 4.98 Å². The van der Waals surface area contributed by atoms with Crippen molar-refractivity contribution in [2.24, 2.45) is 5.84 Å². The minimum atomic E-state index is 0.149. The summed E-state index contributed by atoms with van der Waals surface area (Å²) in [5.74, 6) is 6.65. The lowest BCUT2D eigenvalue weighted by molar-refractivity contribution is 0.482. The number of benzene rings is 1. The van der Waals surface area contributed by atoms with Crippen molar-refractivity contribution < 1.29 is 0 Å². The zero-order chi connectivity index (χ0) is 14.4. The molecule has 108 valence electrons. The smallest absolute Gasteiger partial charge is 0.138 e. The molecule has 2 rings (SSSR count). The molecule has 1 heterocycles. The summed E-state index contributed by atoms with van der Waals surface area (Å²) in [4.78, 5) is 4.33. The summed E-state index contributed by atoms with van der Waals surface area (Å²) in [6.45, 7) is 3.02.